The summed E-state index contributed by atoms with van der Waals surface area (Å²) in [6.45, 7) is 0.240. The van der Waals surface area contributed by atoms with E-state index in [1.807, 2.05) is 0 Å². The summed E-state index contributed by atoms with van der Waals surface area (Å²) in [6.07, 6.45) is 0.425. The highest BCUT2D eigenvalue weighted by Crippen LogP contribution is 2.18. The normalized spacial score (nSPS) is 10.9. The summed E-state index contributed by atoms with van der Waals surface area (Å²) in [7, 11) is 1.56. The maximum atomic E-state index is 13.2. The lowest BCUT2D eigenvalue weighted by Crippen LogP contribution is -2.40. The molecule has 2 aromatic heterocycles. The molecule has 2 aromatic carbocycles. The van der Waals surface area contributed by atoms with Gasteiger partial charge in [0, 0.05) is 30.8 Å². The topological polar surface area (TPSA) is 125 Å². The van der Waals surface area contributed by atoms with Crippen LogP contribution in [0.25, 0.3) is 10.2 Å². The Morgan fingerprint density at radius 2 is 1.77 bits per heavy atom. The third-order valence-electron chi connectivity index (χ3n) is 5.48. The number of nitro benzene ring substituents is 1. The Kier molecular flexibility index (Phi) is 7.06. The molecular weight excluding hydrogens is 472 g/mol. The predicted molar refractivity (Wildman–Crippen MR) is 133 cm³/mol. The highest BCUT2D eigenvalue weighted by molar-refractivity contribution is 7.17. The van der Waals surface area contributed by atoms with Crippen LogP contribution in [-0.4, -0.2) is 27.1 Å². The molecule has 0 radical (unpaired) electrons. The summed E-state index contributed by atoms with van der Waals surface area (Å²) in [5.41, 5.74) is 0.898. The molecule has 0 saturated heterocycles. The van der Waals surface area contributed by atoms with Crippen LogP contribution in [0.5, 0.6) is 5.75 Å². The van der Waals surface area contributed by atoms with Gasteiger partial charge in [-0.3, -0.25) is 28.8 Å². The lowest BCUT2D eigenvalue weighted by Gasteiger charge is -2.12. The number of ether oxygens (including phenoxy) is 1. The van der Waals surface area contributed by atoms with Crippen molar-refractivity contribution in [3.05, 3.63) is 96.5 Å². The molecule has 0 spiro atoms. The number of methoxy groups -OCH3 is 1. The van der Waals surface area contributed by atoms with Gasteiger partial charge in [-0.05, 0) is 47.7 Å². The average molecular weight is 495 g/mol. The molecular formula is C24H22N4O6S. The number of nitro groups is 1. The van der Waals surface area contributed by atoms with Crippen LogP contribution in [0.4, 0.5) is 11.4 Å². The average Bonchev–Trinajstić information content (AvgIpc) is 3.35. The van der Waals surface area contributed by atoms with Crippen molar-refractivity contribution in [1.29, 1.82) is 0 Å². The number of hydrogen-bond donors (Lipinski definition) is 1. The zero-order valence-electron chi connectivity index (χ0n) is 18.8. The lowest BCUT2D eigenvalue weighted by atomic mass is 10.2. The molecule has 1 N–H and O–H groups in total. The molecule has 0 aliphatic carbocycles. The van der Waals surface area contributed by atoms with E-state index in [2.05, 4.69) is 5.32 Å². The van der Waals surface area contributed by atoms with Crippen LogP contribution in [0.15, 0.2) is 69.6 Å². The van der Waals surface area contributed by atoms with E-state index in [0.717, 1.165) is 4.57 Å². The first-order chi connectivity index (χ1) is 16.9. The predicted octanol–water partition coefficient (Wildman–Crippen LogP) is 3.61. The Morgan fingerprint density at radius 3 is 2.43 bits per heavy atom. The molecule has 0 aliphatic rings. The van der Waals surface area contributed by atoms with Gasteiger partial charge in [0.2, 0.25) is 5.91 Å². The third-order valence-corrected chi connectivity index (χ3v) is 6.38. The van der Waals surface area contributed by atoms with Crippen LogP contribution >= 0.6 is 11.3 Å². The second kappa shape index (κ2) is 10.3. The molecule has 0 bridgehead atoms. The number of anilines is 1. The van der Waals surface area contributed by atoms with Crippen molar-refractivity contribution >= 4 is 38.8 Å². The van der Waals surface area contributed by atoms with Crippen LogP contribution < -0.4 is 21.3 Å². The molecule has 0 saturated carbocycles. The van der Waals surface area contributed by atoms with Crippen molar-refractivity contribution in [3.8, 4) is 5.75 Å². The SMILES string of the molecule is COc1ccc(NC(=O)CCCn2c(=O)c3sccc3n(Cc3ccc([N+](=O)[O-])cc3)c2=O)cc1. The van der Waals surface area contributed by atoms with Crippen molar-refractivity contribution in [2.45, 2.75) is 25.9 Å². The number of carbonyl (C=O) groups is 1. The summed E-state index contributed by atoms with van der Waals surface area (Å²) < 4.78 is 8.15. The Balaban J connectivity index is 1.50. The number of aromatic nitrogens is 2. The molecule has 11 heteroatoms. The fraction of sp³-hybridized carbons (Fsp3) is 0.208. The van der Waals surface area contributed by atoms with Crippen molar-refractivity contribution in [1.82, 2.24) is 9.13 Å². The Morgan fingerprint density at radius 1 is 1.06 bits per heavy atom. The molecule has 0 atom stereocenters. The quantitative estimate of drug-likeness (QED) is 0.280. The third kappa shape index (κ3) is 5.30. The minimum atomic E-state index is -0.491. The monoisotopic (exact) mass is 494 g/mol. The van der Waals surface area contributed by atoms with Crippen LogP contribution in [0.2, 0.25) is 0 Å². The van der Waals surface area contributed by atoms with Gasteiger partial charge in [0.1, 0.15) is 10.4 Å². The Hall–Kier alpha value is -4.25. The molecule has 0 unspecified atom stereocenters. The number of amides is 1. The van der Waals surface area contributed by atoms with Crippen molar-refractivity contribution in [3.63, 3.8) is 0 Å². The second-order valence-corrected chi connectivity index (χ2v) is 8.68. The molecule has 4 rings (SSSR count). The summed E-state index contributed by atoms with van der Waals surface area (Å²) in [5, 5.41) is 15.4. The van der Waals surface area contributed by atoms with E-state index in [0.29, 0.717) is 33.6 Å². The van der Waals surface area contributed by atoms with E-state index in [1.165, 1.54) is 28.0 Å². The van der Waals surface area contributed by atoms with E-state index in [-0.39, 0.29) is 31.1 Å². The standard InChI is InChI=1S/C24H22N4O6S/c1-34-19-10-6-17(7-11-19)25-21(29)3-2-13-26-23(30)22-20(12-14-35-22)27(24(26)31)15-16-4-8-18(9-5-16)28(32)33/h4-12,14H,2-3,13,15H2,1H3,(H,25,29). The molecule has 180 valence electrons. The minimum absolute atomic E-state index is 0.0420. The zero-order valence-corrected chi connectivity index (χ0v) is 19.6. The van der Waals surface area contributed by atoms with Crippen LogP contribution in [0.3, 0.4) is 0 Å². The first kappa shape index (κ1) is 23.9. The maximum absolute atomic E-state index is 13.2. The smallest absolute Gasteiger partial charge is 0.331 e. The van der Waals surface area contributed by atoms with Gasteiger partial charge in [-0.2, -0.15) is 0 Å². The van der Waals surface area contributed by atoms with Gasteiger partial charge in [0.15, 0.2) is 0 Å². The number of non-ortho nitro benzene ring substituents is 1. The number of carbonyl (C=O) groups excluding carboxylic acids is 1. The van der Waals surface area contributed by atoms with E-state index >= 15 is 0 Å². The fourth-order valence-electron chi connectivity index (χ4n) is 3.68. The summed E-state index contributed by atoms with van der Waals surface area (Å²) >= 11 is 1.24. The van der Waals surface area contributed by atoms with Gasteiger partial charge in [0.25, 0.3) is 11.2 Å². The first-order valence-electron chi connectivity index (χ1n) is 10.8. The zero-order chi connectivity index (χ0) is 24.9. The fourth-order valence-corrected chi connectivity index (χ4v) is 4.53. The number of hydrogen-bond acceptors (Lipinski definition) is 7. The molecule has 2 heterocycles. The molecule has 35 heavy (non-hydrogen) atoms. The summed E-state index contributed by atoms with van der Waals surface area (Å²) in [5.74, 6) is 0.447. The number of fused-ring (bicyclic) bond motifs is 1. The number of nitrogens with one attached hydrogen (secondary N) is 1. The molecule has 0 fully saturated rings. The van der Waals surface area contributed by atoms with Crippen molar-refractivity contribution < 1.29 is 14.5 Å². The molecule has 10 nitrogen and oxygen atoms in total. The van der Waals surface area contributed by atoms with Crippen LogP contribution in [-0.2, 0) is 17.9 Å². The van der Waals surface area contributed by atoms with Gasteiger partial charge in [-0.25, -0.2) is 4.79 Å². The molecule has 0 aliphatic heterocycles. The van der Waals surface area contributed by atoms with E-state index in [4.69, 9.17) is 4.74 Å². The van der Waals surface area contributed by atoms with Crippen LogP contribution in [0, 0.1) is 10.1 Å². The van der Waals surface area contributed by atoms with Crippen molar-refractivity contribution in [2.24, 2.45) is 0 Å². The largest absolute Gasteiger partial charge is 0.497 e. The van der Waals surface area contributed by atoms with Crippen molar-refractivity contribution in [2.75, 3.05) is 12.4 Å². The number of benzene rings is 2. The van der Waals surface area contributed by atoms with E-state index in [9.17, 15) is 24.5 Å². The first-order valence-corrected chi connectivity index (χ1v) is 11.6. The summed E-state index contributed by atoms with van der Waals surface area (Å²) in [6, 6.07) is 14.6. The lowest BCUT2D eigenvalue weighted by molar-refractivity contribution is -0.384. The van der Waals surface area contributed by atoms with Gasteiger partial charge < -0.3 is 10.1 Å². The highest BCUT2D eigenvalue weighted by atomic mass is 32.1. The van der Waals surface area contributed by atoms with E-state index in [1.54, 1.807) is 55.0 Å². The molecule has 4 aromatic rings. The Bertz CT molecular complexity index is 1490. The van der Waals surface area contributed by atoms with Gasteiger partial charge >= 0.3 is 5.69 Å². The Labute approximate surface area is 203 Å². The van der Waals surface area contributed by atoms with Gasteiger partial charge in [-0.15, -0.1) is 11.3 Å². The van der Waals surface area contributed by atoms with Crippen LogP contribution in [0.1, 0.15) is 18.4 Å². The maximum Gasteiger partial charge on any atom is 0.331 e. The molecule has 1 amide bonds. The highest BCUT2D eigenvalue weighted by Gasteiger charge is 2.15. The minimum Gasteiger partial charge on any atom is -0.497 e. The number of rotatable bonds is 9. The number of nitrogens with zero attached hydrogens (tertiary/aromatic N) is 3. The number of thiophene rings is 1. The second-order valence-electron chi connectivity index (χ2n) is 7.76. The van der Waals surface area contributed by atoms with Gasteiger partial charge in [0.05, 0.1) is 24.1 Å². The van der Waals surface area contributed by atoms with E-state index < -0.39 is 16.2 Å². The van der Waals surface area contributed by atoms with Gasteiger partial charge in [-0.1, -0.05) is 12.1 Å². The summed E-state index contributed by atoms with van der Waals surface area (Å²) in [4.78, 5) is 48.9.